The zero-order chi connectivity index (χ0) is 12.6. The molecule has 0 rings (SSSR count). The van der Waals surface area contributed by atoms with Crippen molar-refractivity contribution in [3.05, 3.63) is 0 Å². The molecule has 0 aromatic carbocycles. The van der Waals surface area contributed by atoms with Crippen LogP contribution in [0.1, 0.15) is 13.8 Å². The minimum atomic E-state index is -2.91. The third-order valence-electron chi connectivity index (χ3n) is 2.39. The Morgan fingerprint density at radius 1 is 1.31 bits per heavy atom. The van der Waals surface area contributed by atoms with Gasteiger partial charge in [-0.1, -0.05) is 13.8 Å². The Hall–Kier alpha value is -0.170. The van der Waals surface area contributed by atoms with E-state index in [4.69, 9.17) is 0 Å². The van der Waals surface area contributed by atoms with Gasteiger partial charge in [0.25, 0.3) is 0 Å². The Morgan fingerprint density at radius 3 is 2.31 bits per heavy atom. The molecule has 0 amide bonds. The van der Waals surface area contributed by atoms with Gasteiger partial charge in [0.05, 0.1) is 11.9 Å². The second-order valence-electron chi connectivity index (χ2n) is 3.97. The molecule has 0 spiro atoms. The van der Waals surface area contributed by atoms with Crippen LogP contribution in [0.3, 0.4) is 0 Å². The first-order valence-electron chi connectivity index (χ1n) is 5.67. The van der Waals surface area contributed by atoms with E-state index >= 15 is 0 Å². The van der Waals surface area contributed by atoms with Gasteiger partial charge in [-0.15, -0.1) is 0 Å². The van der Waals surface area contributed by atoms with E-state index < -0.39 is 15.9 Å². The molecule has 0 saturated carbocycles. The van der Waals surface area contributed by atoms with Gasteiger partial charge in [0.2, 0.25) is 0 Å². The number of likely N-dealkylation sites (N-methyl/N-ethyl adjacent to an activating group) is 1. The van der Waals surface area contributed by atoms with Crippen molar-refractivity contribution in [3.8, 4) is 0 Å². The second-order valence-corrected chi connectivity index (χ2v) is 6.23. The summed E-state index contributed by atoms with van der Waals surface area (Å²) in [5.41, 5.74) is 0. The predicted octanol–water partition coefficient (Wildman–Crippen LogP) is -0.677. The standard InChI is InChI=1S/C10H24N2O3S/c1-4-12(5-2)9-10(13)8-11-6-7-16(3,14)15/h10-11,13H,4-9H2,1-3H3. The molecule has 0 radical (unpaired) electrons. The molecular weight excluding hydrogens is 228 g/mol. The third-order valence-corrected chi connectivity index (χ3v) is 3.34. The third kappa shape index (κ3) is 9.08. The van der Waals surface area contributed by atoms with Crippen molar-refractivity contribution in [3.63, 3.8) is 0 Å². The first kappa shape index (κ1) is 15.8. The molecule has 1 unspecified atom stereocenters. The number of aliphatic hydroxyl groups excluding tert-OH is 1. The summed E-state index contributed by atoms with van der Waals surface area (Å²) in [6.07, 6.45) is 0.764. The van der Waals surface area contributed by atoms with Crippen LogP contribution in [-0.2, 0) is 9.84 Å². The summed E-state index contributed by atoms with van der Waals surface area (Å²) < 4.78 is 21.7. The fraction of sp³-hybridized carbons (Fsp3) is 1.00. The Labute approximate surface area is 98.8 Å². The van der Waals surface area contributed by atoms with Crippen LogP contribution in [0.2, 0.25) is 0 Å². The molecule has 98 valence electrons. The van der Waals surface area contributed by atoms with E-state index in [1.807, 2.05) is 13.8 Å². The number of nitrogens with zero attached hydrogens (tertiary/aromatic N) is 1. The summed E-state index contributed by atoms with van der Waals surface area (Å²) in [7, 11) is -2.91. The zero-order valence-corrected chi connectivity index (χ0v) is 11.3. The monoisotopic (exact) mass is 252 g/mol. The molecule has 0 aliphatic rings. The van der Waals surface area contributed by atoms with E-state index in [0.29, 0.717) is 19.6 Å². The molecule has 0 fully saturated rings. The molecular formula is C10H24N2O3S. The van der Waals surface area contributed by atoms with Crippen molar-refractivity contribution >= 4 is 9.84 Å². The lowest BCUT2D eigenvalue weighted by Gasteiger charge is -2.21. The fourth-order valence-electron chi connectivity index (χ4n) is 1.37. The van der Waals surface area contributed by atoms with Gasteiger partial charge in [-0.3, -0.25) is 0 Å². The number of hydrogen-bond acceptors (Lipinski definition) is 5. The molecule has 0 aromatic rings. The first-order chi connectivity index (χ1) is 7.39. The average Bonchev–Trinajstić information content (AvgIpc) is 2.19. The van der Waals surface area contributed by atoms with Crippen molar-refractivity contribution < 1.29 is 13.5 Å². The summed E-state index contributed by atoms with van der Waals surface area (Å²) in [6.45, 7) is 7.38. The maximum absolute atomic E-state index is 10.8. The molecule has 16 heavy (non-hydrogen) atoms. The topological polar surface area (TPSA) is 69.6 Å². The lowest BCUT2D eigenvalue weighted by molar-refractivity contribution is 0.117. The molecule has 6 heteroatoms. The Bertz CT molecular complexity index is 263. The van der Waals surface area contributed by atoms with Crippen LogP contribution in [0, 0.1) is 0 Å². The van der Waals surface area contributed by atoms with Gasteiger partial charge in [-0.25, -0.2) is 8.42 Å². The van der Waals surface area contributed by atoms with E-state index in [2.05, 4.69) is 10.2 Å². The van der Waals surface area contributed by atoms with Gasteiger partial charge >= 0.3 is 0 Å². The average molecular weight is 252 g/mol. The maximum Gasteiger partial charge on any atom is 0.148 e. The predicted molar refractivity (Wildman–Crippen MR) is 66.4 cm³/mol. The van der Waals surface area contributed by atoms with E-state index in [1.54, 1.807) is 0 Å². The van der Waals surface area contributed by atoms with E-state index in [0.717, 1.165) is 13.1 Å². The molecule has 0 saturated heterocycles. The number of sulfone groups is 1. The summed E-state index contributed by atoms with van der Waals surface area (Å²) in [6, 6.07) is 0. The normalized spacial score (nSPS) is 14.3. The molecule has 2 N–H and O–H groups in total. The Balaban J connectivity index is 3.61. The van der Waals surface area contributed by atoms with Crippen molar-refractivity contribution in [1.29, 1.82) is 0 Å². The van der Waals surface area contributed by atoms with Crippen LogP contribution in [0.5, 0.6) is 0 Å². The van der Waals surface area contributed by atoms with Crippen LogP contribution in [-0.4, -0.2) is 69.3 Å². The molecule has 1 atom stereocenters. The van der Waals surface area contributed by atoms with Crippen molar-refractivity contribution in [1.82, 2.24) is 10.2 Å². The summed E-state index contributed by atoms with van der Waals surface area (Å²) in [4.78, 5) is 2.13. The first-order valence-corrected chi connectivity index (χ1v) is 7.74. The number of hydrogen-bond donors (Lipinski definition) is 2. The van der Waals surface area contributed by atoms with E-state index in [9.17, 15) is 13.5 Å². The lowest BCUT2D eigenvalue weighted by atomic mass is 10.3. The minimum absolute atomic E-state index is 0.116. The zero-order valence-electron chi connectivity index (χ0n) is 10.4. The minimum Gasteiger partial charge on any atom is -0.390 e. The molecule has 0 aromatic heterocycles. The summed E-state index contributed by atoms with van der Waals surface area (Å²) in [5, 5.41) is 12.6. The van der Waals surface area contributed by atoms with Crippen LogP contribution < -0.4 is 5.32 Å². The van der Waals surface area contributed by atoms with Crippen molar-refractivity contribution in [2.45, 2.75) is 20.0 Å². The number of aliphatic hydroxyl groups is 1. The highest BCUT2D eigenvalue weighted by molar-refractivity contribution is 7.90. The molecule has 0 aliphatic carbocycles. The Morgan fingerprint density at radius 2 is 1.88 bits per heavy atom. The molecule has 5 nitrogen and oxygen atoms in total. The quantitative estimate of drug-likeness (QED) is 0.532. The van der Waals surface area contributed by atoms with Crippen molar-refractivity contribution in [2.24, 2.45) is 0 Å². The largest absolute Gasteiger partial charge is 0.390 e. The smallest absolute Gasteiger partial charge is 0.148 e. The van der Waals surface area contributed by atoms with E-state index in [1.165, 1.54) is 6.26 Å². The SMILES string of the molecule is CCN(CC)CC(O)CNCCS(C)(=O)=O. The van der Waals surface area contributed by atoms with Crippen molar-refractivity contribution in [2.75, 3.05) is 44.7 Å². The van der Waals surface area contributed by atoms with Crippen LogP contribution >= 0.6 is 0 Å². The number of nitrogens with one attached hydrogen (secondary N) is 1. The van der Waals surface area contributed by atoms with Crippen LogP contribution in [0.4, 0.5) is 0 Å². The van der Waals surface area contributed by atoms with Gasteiger partial charge in [-0.2, -0.15) is 0 Å². The maximum atomic E-state index is 10.8. The fourth-order valence-corrected chi connectivity index (χ4v) is 1.89. The molecule has 0 heterocycles. The molecule has 0 bridgehead atoms. The molecule has 0 aliphatic heterocycles. The van der Waals surface area contributed by atoms with Crippen LogP contribution in [0.15, 0.2) is 0 Å². The van der Waals surface area contributed by atoms with Gasteiger partial charge in [0, 0.05) is 25.9 Å². The van der Waals surface area contributed by atoms with Gasteiger partial charge < -0.3 is 15.3 Å². The highest BCUT2D eigenvalue weighted by Crippen LogP contribution is 1.91. The highest BCUT2D eigenvalue weighted by atomic mass is 32.2. The lowest BCUT2D eigenvalue weighted by Crippen LogP contribution is -2.39. The van der Waals surface area contributed by atoms with Gasteiger partial charge in [0.1, 0.15) is 9.84 Å². The van der Waals surface area contributed by atoms with Gasteiger partial charge in [0.15, 0.2) is 0 Å². The van der Waals surface area contributed by atoms with E-state index in [-0.39, 0.29) is 5.75 Å². The summed E-state index contributed by atoms with van der Waals surface area (Å²) >= 11 is 0. The summed E-state index contributed by atoms with van der Waals surface area (Å²) in [5.74, 6) is 0.116. The number of rotatable bonds is 9. The Kier molecular flexibility index (Phi) is 7.91. The van der Waals surface area contributed by atoms with Crippen LogP contribution in [0.25, 0.3) is 0 Å². The second kappa shape index (κ2) is 8.00. The highest BCUT2D eigenvalue weighted by Gasteiger charge is 2.08. The van der Waals surface area contributed by atoms with Gasteiger partial charge in [-0.05, 0) is 13.1 Å².